The summed E-state index contributed by atoms with van der Waals surface area (Å²) in [4.78, 5) is 32.8. The minimum atomic E-state index is -0.0238. The molecule has 1 aromatic rings. The third-order valence-corrected chi connectivity index (χ3v) is 8.98. The summed E-state index contributed by atoms with van der Waals surface area (Å²) >= 11 is 0. The van der Waals surface area contributed by atoms with E-state index in [9.17, 15) is 9.59 Å². The first-order valence-electron chi connectivity index (χ1n) is 14.1. The Morgan fingerprint density at radius 1 is 0.943 bits per heavy atom. The Hall–Kier alpha value is -1.96. The van der Waals surface area contributed by atoms with Gasteiger partial charge in [0.2, 0.25) is 23.6 Å². The molecule has 0 bridgehead atoms. The quantitative estimate of drug-likeness (QED) is 0.623. The molecule has 4 fully saturated rings. The lowest BCUT2D eigenvalue weighted by Crippen LogP contribution is -2.47. The van der Waals surface area contributed by atoms with Crippen molar-refractivity contribution >= 4 is 11.8 Å². The summed E-state index contributed by atoms with van der Waals surface area (Å²) in [5.74, 6) is 2.34. The number of carbonyl (C=O) groups is 2. The molecule has 1 unspecified atom stereocenters. The largest absolute Gasteiger partial charge is 0.423 e. The van der Waals surface area contributed by atoms with Crippen LogP contribution in [0.5, 0.6) is 0 Å². The van der Waals surface area contributed by atoms with Gasteiger partial charge in [0.25, 0.3) is 0 Å². The molecule has 1 aliphatic carbocycles. The van der Waals surface area contributed by atoms with Crippen LogP contribution >= 0.6 is 0 Å². The Bertz CT molecular complexity index is 879. The fourth-order valence-corrected chi connectivity index (χ4v) is 6.76. The minimum Gasteiger partial charge on any atom is -0.423 e. The van der Waals surface area contributed by atoms with E-state index in [0.717, 1.165) is 77.7 Å². The van der Waals surface area contributed by atoms with Gasteiger partial charge in [-0.2, -0.15) is 0 Å². The Morgan fingerprint density at radius 3 is 2.29 bits per heavy atom. The van der Waals surface area contributed by atoms with Crippen LogP contribution in [0.15, 0.2) is 4.42 Å². The molecule has 8 nitrogen and oxygen atoms in total. The Balaban J connectivity index is 1.28. The first kappa shape index (κ1) is 24.7. The van der Waals surface area contributed by atoms with Crippen molar-refractivity contribution in [1.82, 2.24) is 24.9 Å². The molecular formula is C27H43N5O3. The van der Waals surface area contributed by atoms with Gasteiger partial charge >= 0.3 is 0 Å². The van der Waals surface area contributed by atoms with Crippen molar-refractivity contribution in [2.24, 2.45) is 11.3 Å². The van der Waals surface area contributed by atoms with Crippen LogP contribution in [-0.2, 0) is 9.59 Å². The van der Waals surface area contributed by atoms with Gasteiger partial charge < -0.3 is 14.2 Å². The standard InChI is InChI=1S/C27H43N5O3/c1-20(2)24-28-29-25(35-24)22-17-27(19-32(22)18-23(33)30-13-7-4-8-14-30)11-15-31(16-12-27)26(34)21-9-5-3-6-10-21/h20-22H,3-19H2,1-2H3. The highest BCUT2D eigenvalue weighted by molar-refractivity contribution is 5.79. The summed E-state index contributed by atoms with van der Waals surface area (Å²) in [6.45, 7) is 8.80. The highest BCUT2D eigenvalue weighted by Gasteiger charge is 2.49. The van der Waals surface area contributed by atoms with E-state index in [4.69, 9.17) is 4.42 Å². The van der Waals surface area contributed by atoms with Crippen molar-refractivity contribution in [3.63, 3.8) is 0 Å². The molecule has 0 N–H and O–H groups in total. The second-order valence-electron chi connectivity index (χ2n) is 11.9. The molecule has 3 aliphatic heterocycles. The van der Waals surface area contributed by atoms with Crippen molar-refractivity contribution in [2.75, 3.05) is 39.3 Å². The van der Waals surface area contributed by atoms with Crippen LogP contribution in [0.4, 0.5) is 0 Å². The Labute approximate surface area is 209 Å². The number of carbonyl (C=O) groups excluding carboxylic acids is 2. The molecule has 194 valence electrons. The maximum Gasteiger partial charge on any atom is 0.236 e. The van der Waals surface area contributed by atoms with Gasteiger partial charge in [-0.1, -0.05) is 33.1 Å². The van der Waals surface area contributed by atoms with Crippen LogP contribution in [0.2, 0.25) is 0 Å². The van der Waals surface area contributed by atoms with E-state index in [2.05, 4.69) is 33.8 Å². The summed E-state index contributed by atoms with van der Waals surface area (Å²) in [6, 6.07) is -0.0238. The van der Waals surface area contributed by atoms with Crippen molar-refractivity contribution in [3.8, 4) is 0 Å². The van der Waals surface area contributed by atoms with Crippen LogP contribution in [0.3, 0.4) is 0 Å². The van der Waals surface area contributed by atoms with E-state index in [0.29, 0.717) is 24.2 Å². The number of likely N-dealkylation sites (tertiary alicyclic amines) is 3. The zero-order chi connectivity index (χ0) is 24.4. The molecule has 1 spiro atoms. The van der Waals surface area contributed by atoms with Gasteiger partial charge in [-0.3, -0.25) is 14.5 Å². The van der Waals surface area contributed by atoms with Gasteiger partial charge in [0.05, 0.1) is 12.6 Å². The molecule has 5 rings (SSSR count). The summed E-state index contributed by atoms with van der Waals surface area (Å²) < 4.78 is 6.11. The molecule has 0 aromatic carbocycles. The fourth-order valence-electron chi connectivity index (χ4n) is 6.76. The molecule has 1 saturated carbocycles. The van der Waals surface area contributed by atoms with Crippen LogP contribution in [-0.4, -0.2) is 76.0 Å². The van der Waals surface area contributed by atoms with Gasteiger partial charge in [-0.05, 0) is 56.8 Å². The summed E-state index contributed by atoms with van der Waals surface area (Å²) in [6.07, 6.45) is 12.1. The van der Waals surface area contributed by atoms with Gasteiger partial charge in [-0.15, -0.1) is 10.2 Å². The first-order valence-corrected chi connectivity index (χ1v) is 14.1. The SMILES string of the molecule is CC(C)c1nnc(C2CC3(CCN(C(=O)C4CCCCC4)CC3)CN2CC(=O)N2CCCCC2)o1. The van der Waals surface area contributed by atoms with E-state index in [-0.39, 0.29) is 29.2 Å². The average Bonchev–Trinajstić information content (AvgIpc) is 3.51. The third kappa shape index (κ3) is 5.42. The number of hydrogen-bond donors (Lipinski definition) is 0. The molecule has 4 aliphatic rings. The average molecular weight is 486 g/mol. The van der Waals surface area contributed by atoms with E-state index in [1.807, 2.05) is 4.90 Å². The van der Waals surface area contributed by atoms with E-state index in [1.165, 1.54) is 25.7 Å². The monoisotopic (exact) mass is 485 g/mol. The van der Waals surface area contributed by atoms with Crippen LogP contribution in [0.25, 0.3) is 0 Å². The number of piperidine rings is 2. The van der Waals surface area contributed by atoms with Gasteiger partial charge in [0, 0.05) is 44.6 Å². The van der Waals surface area contributed by atoms with E-state index >= 15 is 0 Å². The normalized spacial score (nSPS) is 26.1. The van der Waals surface area contributed by atoms with Crippen molar-refractivity contribution in [2.45, 2.75) is 96.4 Å². The van der Waals surface area contributed by atoms with Crippen LogP contribution in [0.1, 0.15) is 108 Å². The molecular weight excluding hydrogens is 442 g/mol. The van der Waals surface area contributed by atoms with Crippen LogP contribution < -0.4 is 0 Å². The van der Waals surface area contributed by atoms with Gasteiger partial charge in [0.1, 0.15) is 0 Å². The molecule has 35 heavy (non-hydrogen) atoms. The summed E-state index contributed by atoms with van der Waals surface area (Å²) in [7, 11) is 0. The lowest BCUT2D eigenvalue weighted by Gasteiger charge is -2.41. The predicted molar refractivity (Wildman–Crippen MR) is 133 cm³/mol. The highest BCUT2D eigenvalue weighted by atomic mass is 16.4. The number of aromatic nitrogens is 2. The van der Waals surface area contributed by atoms with Crippen molar-refractivity contribution < 1.29 is 14.0 Å². The molecule has 1 aromatic heterocycles. The van der Waals surface area contributed by atoms with Gasteiger partial charge in [0.15, 0.2) is 0 Å². The van der Waals surface area contributed by atoms with Crippen molar-refractivity contribution in [3.05, 3.63) is 11.8 Å². The van der Waals surface area contributed by atoms with Crippen molar-refractivity contribution in [1.29, 1.82) is 0 Å². The van der Waals surface area contributed by atoms with Crippen LogP contribution in [0, 0.1) is 11.3 Å². The van der Waals surface area contributed by atoms with E-state index < -0.39 is 0 Å². The summed E-state index contributed by atoms with van der Waals surface area (Å²) in [5.41, 5.74) is 0.0999. The molecule has 8 heteroatoms. The topological polar surface area (TPSA) is 82.8 Å². The lowest BCUT2D eigenvalue weighted by atomic mass is 9.76. The fraction of sp³-hybridized carbons (Fsp3) is 0.852. The maximum atomic E-state index is 13.2. The Morgan fingerprint density at radius 2 is 1.63 bits per heavy atom. The number of rotatable bonds is 5. The zero-order valence-corrected chi connectivity index (χ0v) is 21.7. The number of hydrogen-bond acceptors (Lipinski definition) is 6. The molecule has 1 atom stereocenters. The predicted octanol–water partition coefficient (Wildman–Crippen LogP) is 4.14. The minimum absolute atomic E-state index is 0.0238. The third-order valence-electron chi connectivity index (χ3n) is 8.98. The molecule has 4 heterocycles. The smallest absolute Gasteiger partial charge is 0.236 e. The zero-order valence-electron chi connectivity index (χ0n) is 21.7. The molecule has 2 amide bonds. The summed E-state index contributed by atoms with van der Waals surface area (Å²) in [5, 5.41) is 8.72. The highest BCUT2D eigenvalue weighted by Crippen LogP contribution is 2.49. The Kier molecular flexibility index (Phi) is 7.47. The van der Waals surface area contributed by atoms with Gasteiger partial charge in [-0.25, -0.2) is 0 Å². The molecule has 0 radical (unpaired) electrons. The number of nitrogens with zero attached hydrogens (tertiary/aromatic N) is 5. The first-order chi connectivity index (χ1) is 16.9. The number of amides is 2. The lowest BCUT2D eigenvalue weighted by molar-refractivity contribution is -0.138. The second kappa shape index (κ2) is 10.6. The second-order valence-corrected chi connectivity index (χ2v) is 11.9. The maximum absolute atomic E-state index is 13.2. The molecule has 3 saturated heterocycles. The van der Waals surface area contributed by atoms with E-state index in [1.54, 1.807) is 0 Å².